The first kappa shape index (κ1) is 20.2. The Kier molecular flexibility index (Phi) is 8.17. The van der Waals surface area contributed by atoms with Crippen LogP contribution in [0, 0.1) is 17.8 Å². The molecule has 4 heteroatoms. The Hall–Kier alpha value is -1.13. The molecule has 0 aromatic carbocycles. The van der Waals surface area contributed by atoms with Crippen LogP contribution in [0.3, 0.4) is 0 Å². The van der Waals surface area contributed by atoms with E-state index in [0.717, 1.165) is 51.4 Å². The van der Waals surface area contributed by atoms with E-state index in [2.05, 4.69) is 19.1 Å². The van der Waals surface area contributed by atoms with Gasteiger partial charge >= 0.3 is 5.97 Å². The molecule has 0 aliphatic heterocycles. The standard InChI is InChI=1S/C21H34O4/c1-2-3-4-8-17(22)10-11-18-19-13-15(7-5-6-9-21(24)25)12-16(19)14-20(18)23/h7,10-11,16-20,22-23H,2-6,8-9,12-14H2,1H3,(H,24,25)/t16-,17-,18+,19-,20+/m0/s1. The van der Waals surface area contributed by atoms with Gasteiger partial charge in [-0.05, 0) is 50.4 Å². The van der Waals surface area contributed by atoms with Gasteiger partial charge < -0.3 is 15.3 Å². The number of aliphatic hydroxyl groups is 2. The maximum absolute atomic E-state index is 10.6. The highest BCUT2D eigenvalue weighted by atomic mass is 16.4. The third-order valence-electron chi connectivity index (χ3n) is 5.80. The van der Waals surface area contributed by atoms with Crippen molar-refractivity contribution in [1.82, 2.24) is 0 Å². The Morgan fingerprint density at radius 2 is 2.08 bits per heavy atom. The van der Waals surface area contributed by atoms with E-state index in [1.807, 2.05) is 6.08 Å². The molecular formula is C21H34O4. The SMILES string of the molecule is CCCCC[C@H](O)C=C[C@@H]1[C@H]2CC(=CCCCC(=O)O)C[C@H]2C[C@H]1O. The van der Waals surface area contributed by atoms with Gasteiger partial charge in [0, 0.05) is 12.3 Å². The van der Waals surface area contributed by atoms with Crippen molar-refractivity contribution in [2.24, 2.45) is 17.8 Å². The molecule has 0 aromatic heterocycles. The summed E-state index contributed by atoms with van der Waals surface area (Å²) in [6.45, 7) is 2.16. The van der Waals surface area contributed by atoms with E-state index < -0.39 is 12.1 Å². The number of hydrogen-bond donors (Lipinski definition) is 3. The summed E-state index contributed by atoms with van der Waals surface area (Å²) in [5.41, 5.74) is 1.43. The minimum Gasteiger partial charge on any atom is -0.481 e. The first-order valence-electron chi connectivity index (χ1n) is 9.95. The van der Waals surface area contributed by atoms with Gasteiger partial charge in [0.1, 0.15) is 0 Å². The van der Waals surface area contributed by atoms with Crippen LogP contribution in [-0.2, 0) is 4.79 Å². The van der Waals surface area contributed by atoms with Crippen molar-refractivity contribution in [3.63, 3.8) is 0 Å². The number of carboxylic acids is 1. The van der Waals surface area contributed by atoms with Crippen LogP contribution in [0.1, 0.15) is 71.1 Å². The zero-order valence-corrected chi connectivity index (χ0v) is 15.4. The van der Waals surface area contributed by atoms with Crippen molar-refractivity contribution in [3.8, 4) is 0 Å². The summed E-state index contributed by atoms with van der Waals surface area (Å²) in [7, 11) is 0. The van der Waals surface area contributed by atoms with Gasteiger partial charge in [-0.3, -0.25) is 4.79 Å². The van der Waals surface area contributed by atoms with Gasteiger partial charge in [0.05, 0.1) is 12.2 Å². The smallest absolute Gasteiger partial charge is 0.303 e. The molecule has 2 rings (SSSR count). The third kappa shape index (κ3) is 6.27. The Balaban J connectivity index is 1.83. The average molecular weight is 350 g/mol. The fourth-order valence-corrected chi connectivity index (χ4v) is 4.46. The number of unbranched alkanes of at least 4 members (excludes halogenated alkanes) is 3. The Labute approximate surface area is 151 Å². The first-order chi connectivity index (χ1) is 12.0. The molecule has 5 atom stereocenters. The van der Waals surface area contributed by atoms with E-state index in [0.29, 0.717) is 18.3 Å². The number of aliphatic hydroxyl groups excluding tert-OH is 2. The zero-order valence-electron chi connectivity index (χ0n) is 15.4. The summed E-state index contributed by atoms with van der Waals surface area (Å²) in [6.07, 6.45) is 14.3. The number of allylic oxidation sites excluding steroid dienone is 2. The van der Waals surface area contributed by atoms with Crippen molar-refractivity contribution in [1.29, 1.82) is 0 Å². The summed E-state index contributed by atoms with van der Waals surface area (Å²) in [4.78, 5) is 10.6. The van der Waals surface area contributed by atoms with Gasteiger partial charge in [-0.2, -0.15) is 0 Å². The fourth-order valence-electron chi connectivity index (χ4n) is 4.46. The minimum absolute atomic E-state index is 0.149. The van der Waals surface area contributed by atoms with Crippen LogP contribution in [-0.4, -0.2) is 33.5 Å². The molecule has 142 valence electrons. The van der Waals surface area contributed by atoms with E-state index in [1.165, 1.54) is 5.57 Å². The van der Waals surface area contributed by atoms with Gasteiger partial charge in [-0.15, -0.1) is 0 Å². The molecule has 4 nitrogen and oxygen atoms in total. The van der Waals surface area contributed by atoms with Crippen LogP contribution in [0.15, 0.2) is 23.8 Å². The fraction of sp³-hybridized carbons (Fsp3) is 0.762. The lowest BCUT2D eigenvalue weighted by molar-refractivity contribution is -0.137. The molecule has 0 bridgehead atoms. The highest BCUT2D eigenvalue weighted by Crippen LogP contribution is 2.50. The third-order valence-corrected chi connectivity index (χ3v) is 5.80. The monoisotopic (exact) mass is 350 g/mol. The average Bonchev–Trinajstić information content (AvgIpc) is 3.06. The molecular weight excluding hydrogens is 316 g/mol. The van der Waals surface area contributed by atoms with Crippen molar-refractivity contribution >= 4 is 5.97 Å². The van der Waals surface area contributed by atoms with Crippen molar-refractivity contribution in [3.05, 3.63) is 23.8 Å². The van der Waals surface area contributed by atoms with Crippen LogP contribution < -0.4 is 0 Å². The number of carbonyl (C=O) groups is 1. The minimum atomic E-state index is -0.729. The largest absolute Gasteiger partial charge is 0.481 e. The second-order valence-electron chi connectivity index (χ2n) is 7.81. The van der Waals surface area contributed by atoms with Gasteiger partial charge in [-0.25, -0.2) is 0 Å². The number of aliphatic carboxylic acids is 1. The lowest BCUT2D eigenvalue weighted by Gasteiger charge is -2.17. The molecule has 0 unspecified atom stereocenters. The quantitative estimate of drug-likeness (QED) is 0.410. The van der Waals surface area contributed by atoms with Gasteiger partial charge in [-0.1, -0.05) is 50.0 Å². The molecule has 2 aliphatic carbocycles. The summed E-state index contributed by atoms with van der Waals surface area (Å²) >= 11 is 0. The van der Waals surface area contributed by atoms with Crippen LogP contribution in [0.5, 0.6) is 0 Å². The van der Waals surface area contributed by atoms with E-state index in [9.17, 15) is 15.0 Å². The normalized spacial score (nSPS) is 31.7. The molecule has 3 N–H and O–H groups in total. The second-order valence-corrected chi connectivity index (χ2v) is 7.81. The second kappa shape index (κ2) is 10.1. The highest BCUT2D eigenvalue weighted by molar-refractivity contribution is 5.66. The topological polar surface area (TPSA) is 77.8 Å². The molecule has 2 aliphatic rings. The Morgan fingerprint density at radius 3 is 2.80 bits per heavy atom. The van der Waals surface area contributed by atoms with Crippen molar-refractivity contribution < 1.29 is 20.1 Å². The number of fused-ring (bicyclic) bond motifs is 1. The molecule has 0 aromatic rings. The number of rotatable bonds is 10. The summed E-state index contributed by atoms with van der Waals surface area (Å²) in [6, 6.07) is 0. The Morgan fingerprint density at radius 1 is 1.28 bits per heavy atom. The maximum Gasteiger partial charge on any atom is 0.303 e. The van der Waals surface area contributed by atoms with E-state index in [4.69, 9.17) is 5.11 Å². The molecule has 2 saturated carbocycles. The number of hydrogen-bond acceptors (Lipinski definition) is 3. The summed E-state index contributed by atoms with van der Waals surface area (Å²) < 4.78 is 0. The van der Waals surface area contributed by atoms with Crippen LogP contribution in [0.4, 0.5) is 0 Å². The van der Waals surface area contributed by atoms with Crippen LogP contribution in [0.2, 0.25) is 0 Å². The van der Waals surface area contributed by atoms with E-state index in [1.54, 1.807) is 0 Å². The molecule has 0 amide bonds. The maximum atomic E-state index is 10.6. The lowest BCUT2D eigenvalue weighted by atomic mass is 9.90. The van der Waals surface area contributed by atoms with Gasteiger partial charge in [0.25, 0.3) is 0 Å². The Bertz CT molecular complexity index is 482. The molecule has 0 spiro atoms. The molecule has 0 heterocycles. The van der Waals surface area contributed by atoms with Crippen molar-refractivity contribution in [2.75, 3.05) is 0 Å². The molecule has 0 radical (unpaired) electrons. The predicted octanol–water partition coefficient (Wildman–Crippen LogP) is 4.07. The molecule has 2 fully saturated rings. The lowest BCUT2D eigenvalue weighted by Crippen LogP contribution is -2.17. The van der Waals surface area contributed by atoms with Gasteiger partial charge in [0.2, 0.25) is 0 Å². The predicted molar refractivity (Wildman–Crippen MR) is 99.2 cm³/mol. The van der Waals surface area contributed by atoms with Crippen LogP contribution in [0.25, 0.3) is 0 Å². The van der Waals surface area contributed by atoms with Crippen molar-refractivity contribution in [2.45, 2.75) is 83.3 Å². The van der Waals surface area contributed by atoms with Crippen LogP contribution >= 0.6 is 0 Å². The molecule has 25 heavy (non-hydrogen) atoms. The van der Waals surface area contributed by atoms with E-state index in [-0.39, 0.29) is 18.4 Å². The summed E-state index contributed by atoms with van der Waals surface area (Å²) in [5, 5.41) is 29.1. The summed E-state index contributed by atoms with van der Waals surface area (Å²) in [5.74, 6) is 0.427. The zero-order chi connectivity index (χ0) is 18.2. The highest BCUT2D eigenvalue weighted by Gasteiger charge is 2.44. The molecule has 0 saturated heterocycles. The van der Waals surface area contributed by atoms with E-state index >= 15 is 0 Å². The first-order valence-corrected chi connectivity index (χ1v) is 9.95. The van der Waals surface area contributed by atoms with Gasteiger partial charge in [0.15, 0.2) is 0 Å². The number of carboxylic acid groups (broad SMARTS) is 1.